The summed E-state index contributed by atoms with van der Waals surface area (Å²) in [6, 6.07) is 14.9. The molecule has 1 aliphatic heterocycles. The second-order valence-corrected chi connectivity index (χ2v) is 10.8. The Morgan fingerprint density at radius 2 is 1.38 bits per heavy atom. The first kappa shape index (κ1) is 34.7. The van der Waals surface area contributed by atoms with Crippen LogP contribution in [0.15, 0.2) is 94.6 Å². The van der Waals surface area contributed by atoms with E-state index in [4.69, 9.17) is 37.0 Å². The smallest absolute Gasteiger partial charge is 0.339 e. The summed E-state index contributed by atoms with van der Waals surface area (Å²) in [7, 11) is 0. The molecule has 4 atom stereocenters. The van der Waals surface area contributed by atoms with E-state index >= 15 is 0 Å². The van der Waals surface area contributed by atoms with Crippen LogP contribution in [0.3, 0.4) is 0 Å². The highest BCUT2D eigenvalue weighted by Crippen LogP contribution is 2.42. The van der Waals surface area contributed by atoms with Gasteiger partial charge in [-0.25, -0.2) is 19.2 Å². The second kappa shape index (κ2) is 14.2. The summed E-state index contributed by atoms with van der Waals surface area (Å²) in [6.45, 7) is -0.764. The number of terminal acetylenes is 1. The maximum atomic E-state index is 13.6. The van der Waals surface area contributed by atoms with E-state index in [-0.39, 0.29) is 28.1 Å². The maximum absolute atomic E-state index is 13.6. The normalized spacial score (nSPS) is 19.5. The fourth-order valence-corrected chi connectivity index (χ4v) is 4.99. The Kier molecular flexibility index (Phi) is 9.87. The van der Waals surface area contributed by atoms with Gasteiger partial charge in [0.15, 0.2) is 6.23 Å². The number of benzene rings is 3. The van der Waals surface area contributed by atoms with Crippen molar-refractivity contribution in [2.45, 2.75) is 24.0 Å². The number of nitrogens with zero attached hydrogens (tertiary/aromatic N) is 3. The minimum Gasteiger partial charge on any atom is -0.459 e. The van der Waals surface area contributed by atoms with Crippen molar-refractivity contribution in [3.05, 3.63) is 148 Å². The summed E-state index contributed by atoms with van der Waals surface area (Å²) >= 11 is 5.90. The molecule has 0 saturated carbocycles. The van der Waals surface area contributed by atoms with Gasteiger partial charge in [0, 0.05) is 41.6 Å². The Labute approximate surface area is 284 Å². The number of esters is 3. The van der Waals surface area contributed by atoms with Gasteiger partial charge in [-0.3, -0.25) is 34.6 Å². The lowest BCUT2D eigenvalue weighted by Gasteiger charge is -2.33. The lowest BCUT2D eigenvalue weighted by molar-refractivity contribution is -0.385. The van der Waals surface area contributed by atoms with Crippen LogP contribution in [0.1, 0.15) is 37.3 Å². The zero-order valence-corrected chi connectivity index (χ0v) is 25.9. The highest BCUT2D eigenvalue weighted by Gasteiger charge is 2.63. The van der Waals surface area contributed by atoms with Crippen LogP contribution in [0.5, 0.6) is 0 Å². The number of carbonyl (C=O) groups is 3. The molecule has 0 amide bonds. The van der Waals surface area contributed by atoms with E-state index in [2.05, 4.69) is 5.92 Å². The van der Waals surface area contributed by atoms with E-state index in [0.29, 0.717) is 5.02 Å². The van der Waals surface area contributed by atoms with Crippen molar-refractivity contribution in [1.82, 2.24) is 9.55 Å². The molecular formula is C32H21ClN4O13. The van der Waals surface area contributed by atoms with Gasteiger partial charge in [0.25, 0.3) is 16.9 Å². The van der Waals surface area contributed by atoms with Gasteiger partial charge in [-0.1, -0.05) is 17.5 Å². The molecule has 4 aromatic rings. The summed E-state index contributed by atoms with van der Waals surface area (Å²) in [5, 5.41) is 22.6. The van der Waals surface area contributed by atoms with E-state index in [1.54, 1.807) is 0 Å². The molecule has 1 saturated heterocycles. The number of nitro benzene ring substituents is 2. The van der Waals surface area contributed by atoms with E-state index < -0.39 is 69.6 Å². The van der Waals surface area contributed by atoms with Gasteiger partial charge < -0.3 is 18.9 Å². The third kappa shape index (κ3) is 7.11. The molecule has 2 heterocycles. The minimum atomic E-state index is -2.50. The number of H-pyrrole nitrogens is 1. The Bertz CT molecular complexity index is 2140. The van der Waals surface area contributed by atoms with Crippen molar-refractivity contribution >= 4 is 40.9 Å². The summed E-state index contributed by atoms with van der Waals surface area (Å²) in [4.78, 5) is 87.7. The van der Waals surface area contributed by atoms with Crippen LogP contribution in [0.25, 0.3) is 0 Å². The van der Waals surface area contributed by atoms with Crippen LogP contribution >= 0.6 is 11.6 Å². The fraction of sp³-hybridized carbons (Fsp3) is 0.156. The van der Waals surface area contributed by atoms with Gasteiger partial charge >= 0.3 is 23.6 Å². The Morgan fingerprint density at radius 3 is 1.90 bits per heavy atom. The number of nitrogens with one attached hydrogen (secondary N) is 1. The molecule has 1 aliphatic rings. The van der Waals surface area contributed by atoms with Gasteiger partial charge in [0.1, 0.15) is 12.7 Å². The number of hydrogen-bond donors (Lipinski definition) is 1. The Hall–Kier alpha value is -6.64. The Balaban J connectivity index is 1.59. The maximum Gasteiger partial charge on any atom is 0.339 e. The molecule has 0 radical (unpaired) electrons. The summed E-state index contributed by atoms with van der Waals surface area (Å²) in [5.41, 5.74) is -5.49. The number of rotatable bonds is 10. The van der Waals surface area contributed by atoms with E-state index in [1.807, 2.05) is 4.98 Å². The van der Waals surface area contributed by atoms with Gasteiger partial charge in [-0.15, -0.1) is 6.42 Å². The highest BCUT2D eigenvalue weighted by molar-refractivity contribution is 6.30. The highest BCUT2D eigenvalue weighted by atomic mass is 35.5. The predicted molar refractivity (Wildman–Crippen MR) is 169 cm³/mol. The molecule has 254 valence electrons. The standard InChI is InChI=1S/C32H21ClN4O13/c1-2-32(50-30(41)20-7-13-23(14-8-20)37(45)46)24(17-47-28(39)18-3-9-21(33)10-4-18)48-27(35-16-15-25(38)34-31(35)42)26(32)49-29(40)19-5-11-22(12-6-19)36(43)44/h1,3-16,24,26-27H,17H2,(H,34,38,42)/t24-,26+,27-,32-/m1/s1. The largest absolute Gasteiger partial charge is 0.459 e. The number of aromatic amines is 1. The van der Waals surface area contributed by atoms with Crippen LogP contribution in [-0.4, -0.2) is 61.7 Å². The molecule has 17 nitrogen and oxygen atoms in total. The average molecular weight is 705 g/mol. The first-order valence-electron chi connectivity index (χ1n) is 14.1. The van der Waals surface area contributed by atoms with Crippen molar-refractivity contribution < 1.29 is 43.2 Å². The number of carbonyl (C=O) groups excluding carboxylic acids is 3. The zero-order valence-electron chi connectivity index (χ0n) is 25.1. The third-order valence-electron chi connectivity index (χ3n) is 7.38. The molecule has 50 heavy (non-hydrogen) atoms. The molecule has 0 aliphatic carbocycles. The molecule has 0 bridgehead atoms. The first-order valence-corrected chi connectivity index (χ1v) is 14.5. The number of aromatic nitrogens is 2. The van der Waals surface area contributed by atoms with Crippen molar-refractivity contribution in [3.63, 3.8) is 0 Å². The van der Waals surface area contributed by atoms with Gasteiger partial charge in [-0.05, 0) is 48.5 Å². The summed E-state index contributed by atoms with van der Waals surface area (Å²) in [5.74, 6) is -1.01. The van der Waals surface area contributed by atoms with E-state index in [9.17, 15) is 44.2 Å². The van der Waals surface area contributed by atoms with Crippen molar-refractivity contribution in [3.8, 4) is 12.3 Å². The molecule has 5 rings (SSSR count). The molecule has 3 aromatic carbocycles. The Morgan fingerprint density at radius 1 is 0.860 bits per heavy atom. The van der Waals surface area contributed by atoms with Crippen LogP contribution in [-0.2, 0) is 18.9 Å². The molecule has 1 aromatic heterocycles. The molecular weight excluding hydrogens is 684 g/mol. The van der Waals surface area contributed by atoms with Crippen LogP contribution in [0.2, 0.25) is 5.02 Å². The van der Waals surface area contributed by atoms with Crippen LogP contribution in [0, 0.1) is 32.6 Å². The topological polar surface area (TPSA) is 229 Å². The first-order chi connectivity index (χ1) is 23.8. The molecule has 0 unspecified atom stereocenters. The van der Waals surface area contributed by atoms with E-state index in [1.165, 1.54) is 24.3 Å². The lowest BCUT2D eigenvalue weighted by atomic mass is 9.92. The van der Waals surface area contributed by atoms with Gasteiger partial charge in [-0.2, -0.15) is 0 Å². The molecule has 0 spiro atoms. The number of hydrogen-bond acceptors (Lipinski definition) is 13. The predicted octanol–water partition coefficient (Wildman–Crippen LogP) is 3.22. The number of halogens is 1. The average Bonchev–Trinajstić information content (AvgIpc) is 3.39. The quantitative estimate of drug-likeness (QED) is 0.0823. The van der Waals surface area contributed by atoms with Crippen molar-refractivity contribution in [1.29, 1.82) is 0 Å². The number of nitro groups is 2. The van der Waals surface area contributed by atoms with Crippen LogP contribution < -0.4 is 11.2 Å². The minimum absolute atomic E-state index is 0.0520. The molecule has 1 N–H and O–H groups in total. The number of ether oxygens (including phenoxy) is 4. The fourth-order valence-electron chi connectivity index (χ4n) is 4.87. The van der Waals surface area contributed by atoms with Crippen LogP contribution in [0.4, 0.5) is 11.4 Å². The number of non-ortho nitro benzene ring substituents is 2. The summed E-state index contributed by atoms with van der Waals surface area (Å²) in [6.07, 6.45) is 1.61. The van der Waals surface area contributed by atoms with Crippen molar-refractivity contribution in [2.75, 3.05) is 6.61 Å². The van der Waals surface area contributed by atoms with Gasteiger partial charge in [0.05, 0.1) is 26.5 Å². The molecule has 1 fully saturated rings. The SMILES string of the molecule is C#C[C@@]1(OC(=O)c2ccc([N+](=O)[O-])cc2)[C@@H](COC(=O)c2ccc(Cl)cc2)O[C@@H](n2ccc(=O)[nH]c2=O)[C@@H]1OC(=O)c1ccc([N+](=O)[O-])cc1. The lowest BCUT2D eigenvalue weighted by Crippen LogP contribution is -2.54. The molecule has 18 heteroatoms. The third-order valence-corrected chi connectivity index (χ3v) is 7.64. The second-order valence-electron chi connectivity index (χ2n) is 10.4. The zero-order chi connectivity index (χ0) is 36.2. The monoisotopic (exact) mass is 704 g/mol. The van der Waals surface area contributed by atoms with Crippen molar-refractivity contribution in [2.24, 2.45) is 0 Å². The summed E-state index contributed by atoms with van der Waals surface area (Å²) < 4.78 is 23.8. The van der Waals surface area contributed by atoms with Gasteiger partial charge in [0.2, 0.25) is 11.7 Å². The van der Waals surface area contributed by atoms with E-state index in [0.717, 1.165) is 65.4 Å².